The Morgan fingerprint density at radius 3 is 2.61 bits per heavy atom. The van der Waals surface area contributed by atoms with Gasteiger partial charge in [-0.2, -0.15) is 0 Å². The highest BCUT2D eigenvalue weighted by molar-refractivity contribution is 6.30. The zero-order valence-electron chi connectivity index (χ0n) is 18.5. The fourth-order valence-corrected chi connectivity index (χ4v) is 4.52. The van der Waals surface area contributed by atoms with Crippen LogP contribution in [-0.2, 0) is 11.2 Å². The van der Waals surface area contributed by atoms with Crippen molar-refractivity contribution >= 4 is 29.1 Å². The highest BCUT2D eigenvalue weighted by Crippen LogP contribution is 2.35. The number of carbonyl (C=O) groups is 1. The quantitative estimate of drug-likeness (QED) is 0.619. The summed E-state index contributed by atoms with van der Waals surface area (Å²) in [6.07, 6.45) is 0.771. The largest absolute Gasteiger partial charge is 0.491 e. The summed E-state index contributed by atoms with van der Waals surface area (Å²) in [5.41, 5.74) is 2.08. The van der Waals surface area contributed by atoms with E-state index in [2.05, 4.69) is 10.2 Å². The van der Waals surface area contributed by atoms with Crippen molar-refractivity contribution in [2.24, 2.45) is 0 Å². The van der Waals surface area contributed by atoms with E-state index in [1.165, 1.54) is 0 Å². The number of hydrogen-bond donors (Lipinski definition) is 1. The molecule has 0 bridgehead atoms. The molecule has 1 atom stereocenters. The minimum Gasteiger partial charge on any atom is -0.491 e. The molecule has 0 spiro atoms. The summed E-state index contributed by atoms with van der Waals surface area (Å²) in [6, 6.07) is 17.5. The number of nitrogens with one attached hydrogen (secondary N) is 1. The molecule has 2 aliphatic rings. The third kappa shape index (κ3) is 4.73. The van der Waals surface area contributed by atoms with Crippen LogP contribution in [0, 0.1) is 0 Å². The van der Waals surface area contributed by atoms with Gasteiger partial charge in [0.05, 0.1) is 6.04 Å². The van der Waals surface area contributed by atoms with E-state index in [9.17, 15) is 4.79 Å². The SMILES string of the molecule is CC(=O)N1CCN(c2nc(-c3ccccc3)nc3c2CC(COc2cccc(Cl)c2)N3)CC1. The Morgan fingerprint density at radius 1 is 1.09 bits per heavy atom. The molecule has 2 aliphatic heterocycles. The van der Waals surface area contributed by atoms with Gasteiger partial charge in [0.15, 0.2) is 5.82 Å². The summed E-state index contributed by atoms with van der Waals surface area (Å²) in [6.45, 7) is 5.02. The molecule has 1 aromatic heterocycles. The molecule has 8 heteroatoms. The molecule has 1 amide bonds. The zero-order chi connectivity index (χ0) is 22.8. The van der Waals surface area contributed by atoms with Gasteiger partial charge in [0.25, 0.3) is 0 Å². The van der Waals surface area contributed by atoms with Gasteiger partial charge in [0, 0.05) is 55.7 Å². The molecule has 1 N–H and O–H groups in total. The number of fused-ring (bicyclic) bond motifs is 1. The molecule has 170 valence electrons. The Morgan fingerprint density at radius 2 is 1.88 bits per heavy atom. The van der Waals surface area contributed by atoms with Crippen molar-refractivity contribution in [3.05, 3.63) is 65.2 Å². The predicted molar refractivity (Wildman–Crippen MR) is 130 cm³/mol. The van der Waals surface area contributed by atoms with Gasteiger partial charge >= 0.3 is 0 Å². The Bertz CT molecular complexity index is 1150. The first kappa shape index (κ1) is 21.5. The number of rotatable bonds is 5. The van der Waals surface area contributed by atoms with E-state index in [1.807, 2.05) is 59.5 Å². The average Bonchev–Trinajstić information content (AvgIpc) is 3.26. The van der Waals surface area contributed by atoms with Crippen molar-refractivity contribution in [3.8, 4) is 17.1 Å². The van der Waals surface area contributed by atoms with Crippen LogP contribution in [0.15, 0.2) is 54.6 Å². The molecule has 5 rings (SSSR count). The van der Waals surface area contributed by atoms with Crippen molar-refractivity contribution in [2.45, 2.75) is 19.4 Å². The molecule has 0 radical (unpaired) electrons. The Labute approximate surface area is 198 Å². The van der Waals surface area contributed by atoms with Crippen molar-refractivity contribution in [1.82, 2.24) is 14.9 Å². The summed E-state index contributed by atoms with van der Waals surface area (Å²) >= 11 is 6.08. The number of piperazine rings is 1. The van der Waals surface area contributed by atoms with E-state index >= 15 is 0 Å². The monoisotopic (exact) mass is 463 g/mol. The van der Waals surface area contributed by atoms with Gasteiger partial charge in [-0.15, -0.1) is 0 Å². The van der Waals surface area contributed by atoms with Crippen LogP contribution in [0.3, 0.4) is 0 Å². The second kappa shape index (κ2) is 9.27. The number of ether oxygens (including phenoxy) is 1. The highest BCUT2D eigenvalue weighted by atomic mass is 35.5. The van der Waals surface area contributed by atoms with Crippen LogP contribution in [0.25, 0.3) is 11.4 Å². The van der Waals surface area contributed by atoms with Crippen molar-refractivity contribution in [1.29, 1.82) is 0 Å². The van der Waals surface area contributed by atoms with E-state index in [0.717, 1.165) is 48.0 Å². The van der Waals surface area contributed by atoms with Gasteiger partial charge in [-0.05, 0) is 18.2 Å². The number of halogens is 1. The number of aromatic nitrogens is 2. The lowest BCUT2D eigenvalue weighted by molar-refractivity contribution is -0.129. The Kier molecular flexibility index (Phi) is 6.05. The second-order valence-corrected chi connectivity index (χ2v) is 8.81. The van der Waals surface area contributed by atoms with Crippen LogP contribution in [-0.4, -0.2) is 59.6 Å². The molecular formula is C25H26ClN5O2. The molecular weight excluding hydrogens is 438 g/mol. The van der Waals surface area contributed by atoms with Gasteiger partial charge in [-0.25, -0.2) is 9.97 Å². The molecule has 1 fully saturated rings. The number of nitrogens with zero attached hydrogens (tertiary/aromatic N) is 4. The van der Waals surface area contributed by atoms with Crippen LogP contribution in [0.1, 0.15) is 12.5 Å². The minimum atomic E-state index is 0.0802. The van der Waals surface area contributed by atoms with Crippen molar-refractivity contribution < 1.29 is 9.53 Å². The van der Waals surface area contributed by atoms with Gasteiger partial charge in [0.2, 0.25) is 5.91 Å². The molecule has 0 aliphatic carbocycles. The minimum absolute atomic E-state index is 0.0802. The van der Waals surface area contributed by atoms with E-state index in [4.69, 9.17) is 26.3 Å². The first-order valence-corrected chi connectivity index (χ1v) is 11.6. The summed E-state index contributed by atoms with van der Waals surface area (Å²) < 4.78 is 5.99. The van der Waals surface area contributed by atoms with E-state index in [1.54, 1.807) is 6.92 Å². The lowest BCUT2D eigenvalue weighted by atomic mass is 10.1. The normalized spacial score (nSPS) is 17.5. The lowest BCUT2D eigenvalue weighted by Crippen LogP contribution is -2.48. The third-order valence-electron chi connectivity index (χ3n) is 6.08. The number of benzene rings is 2. The fraction of sp³-hybridized carbons (Fsp3) is 0.320. The molecule has 1 saturated heterocycles. The third-order valence-corrected chi connectivity index (χ3v) is 6.32. The number of carbonyl (C=O) groups excluding carboxylic acids is 1. The average molecular weight is 464 g/mol. The molecule has 33 heavy (non-hydrogen) atoms. The molecule has 1 unspecified atom stereocenters. The standard InChI is InChI=1S/C25H26ClN5O2/c1-17(32)30-10-12-31(13-11-30)25-22-15-20(16-33-21-9-5-8-19(26)14-21)27-24(22)28-23(29-25)18-6-3-2-4-7-18/h2-9,14,20H,10-13,15-16H2,1H3,(H,27,28,29). The Balaban J connectivity index is 1.40. The predicted octanol–water partition coefficient (Wildman–Crippen LogP) is 3.88. The van der Waals surface area contributed by atoms with E-state index in [-0.39, 0.29) is 11.9 Å². The van der Waals surface area contributed by atoms with E-state index in [0.29, 0.717) is 30.5 Å². The summed E-state index contributed by atoms with van der Waals surface area (Å²) in [5, 5.41) is 4.19. The maximum atomic E-state index is 11.8. The summed E-state index contributed by atoms with van der Waals surface area (Å²) in [4.78, 5) is 25.8. The molecule has 3 aromatic rings. The van der Waals surface area contributed by atoms with Gasteiger partial charge < -0.3 is 19.9 Å². The van der Waals surface area contributed by atoms with Crippen LogP contribution >= 0.6 is 11.6 Å². The lowest BCUT2D eigenvalue weighted by Gasteiger charge is -2.35. The first-order chi connectivity index (χ1) is 16.1. The topological polar surface area (TPSA) is 70.6 Å². The molecule has 3 heterocycles. The van der Waals surface area contributed by atoms with Crippen LogP contribution in [0.4, 0.5) is 11.6 Å². The smallest absolute Gasteiger partial charge is 0.219 e. The van der Waals surface area contributed by atoms with E-state index < -0.39 is 0 Å². The second-order valence-electron chi connectivity index (χ2n) is 8.37. The summed E-state index contributed by atoms with van der Waals surface area (Å²) in [7, 11) is 0. The number of anilines is 2. The van der Waals surface area contributed by atoms with Crippen LogP contribution < -0.4 is 15.0 Å². The molecule has 2 aromatic carbocycles. The van der Waals surface area contributed by atoms with Crippen molar-refractivity contribution in [3.63, 3.8) is 0 Å². The van der Waals surface area contributed by atoms with Gasteiger partial charge in [-0.3, -0.25) is 4.79 Å². The van der Waals surface area contributed by atoms with Crippen molar-refractivity contribution in [2.75, 3.05) is 43.0 Å². The highest BCUT2D eigenvalue weighted by Gasteiger charge is 2.31. The molecule has 0 saturated carbocycles. The summed E-state index contributed by atoms with van der Waals surface area (Å²) in [5.74, 6) is 3.36. The Hall–Kier alpha value is -3.32. The van der Waals surface area contributed by atoms with Crippen LogP contribution in [0.5, 0.6) is 5.75 Å². The zero-order valence-corrected chi connectivity index (χ0v) is 19.3. The maximum Gasteiger partial charge on any atom is 0.219 e. The molecule has 7 nitrogen and oxygen atoms in total. The van der Waals surface area contributed by atoms with Crippen LogP contribution in [0.2, 0.25) is 5.02 Å². The fourth-order valence-electron chi connectivity index (χ4n) is 4.34. The number of amides is 1. The number of hydrogen-bond acceptors (Lipinski definition) is 6. The van der Waals surface area contributed by atoms with Gasteiger partial charge in [0.1, 0.15) is 24.0 Å². The van der Waals surface area contributed by atoms with Gasteiger partial charge in [-0.1, -0.05) is 48.0 Å². The maximum absolute atomic E-state index is 11.8. The first-order valence-electron chi connectivity index (χ1n) is 11.2.